The van der Waals surface area contributed by atoms with Crippen molar-refractivity contribution in [2.24, 2.45) is 11.8 Å². The first-order valence-corrected chi connectivity index (χ1v) is 6.57. The van der Waals surface area contributed by atoms with Crippen LogP contribution in [0.4, 0.5) is 5.69 Å². The monoisotopic (exact) mass is 265 g/mol. The Morgan fingerprint density at radius 3 is 2.68 bits per heavy atom. The maximum absolute atomic E-state index is 12.1. The Kier molecular flexibility index (Phi) is 3.87. The van der Waals surface area contributed by atoms with Gasteiger partial charge in [0.2, 0.25) is 5.91 Å². The standard InChI is InChI=1S/C13H19N3O3/c1-8(2)16-7-9(6-14-16)15-12(17)10-4-3-5-11(10)13(18)19/h6-8,10-11H,3-5H2,1-2H3,(H,15,17)(H,18,19)/t10-,11+/m1/s1. The lowest BCUT2D eigenvalue weighted by Crippen LogP contribution is -2.29. The summed E-state index contributed by atoms with van der Waals surface area (Å²) >= 11 is 0. The van der Waals surface area contributed by atoms with E-state index in [9.17, 15) is 9.59 Å². The quantitative estimate of drug-likeness (QED) is 0.870. The van der Waals surface area contributed by atoms with Crippen LogP contribution in [0.5, 0.6) is 0 Å². The summed E-state index contributed by atoms with van der Waals surface area (Å²) in [6.07, 6.45) is 5.36. The van der Waals surface area contributed by atoms with Gasteiger partial charge in [0.1, 0.15) is 0 Å². The Balaban J connectivity index is 2.02. The molecule has 0 bridgehead atoms. The number of aliphatic carboxylic acids is 1. The van der Waals surface area contributed by atoms with Crippen molar-refractivity contribution in [3.63, 3.8) is 0 Å². The van der Waals surface area contributed by atoms with Crippen LogP contribution < -0.4 is 5.32 Å². The third kappa shape index (κ3) is 2.94. The average molecular weight is 265 g/mol. The third-order valence-electron chi connectivity index (χ3n) is 3.57. The van der Waals surface area contributed by atoms with Gasteiger partial charge in [-0.25, -0.2) is 0 Å². The number of nitrogens with one attached hydrogen (secondary N) is 1. The summed E-state index contributed by atoms with van der Waals surface area (Å²) in [4.78, 5) is 23.2. The second-order valence-electron chi connectivity index (χ2n) is 5.27. The van der Waals surface area contributed by atoms with E-state index < -0.39 is 17.8 Å². The van der Waals surface area contributed by atoms with Gasteiger partial charge >= 0.3 is 5.97 Å². The van der Waals surface area contributed by atoms with Gasteiger partial charge in [0.15, 0.2) is 0 Å². The van der Waals surface area contributed by atoms with Gasteiger partial charge in [0, 0.05) is 12.2 Å². The van der Waals surface area contributed by atoms with E-state index in [0.29, 0.717) is 18.5 Å². The number of hydrogen-bond acceptors (Lipinski definition) is 3. The molecule has 1 amide bonds. The fourth-order valence-electron chi connectivity index (χ4n) is 2.49. The van der Waals surface area contributed by atoms with E-state index in [1.807, 2.05) is 13.8 Å². The smallest absolute Gasteiger partial charge is 0.307 e. The second kappa shape index (κ2) is 5.42. The van der Waals surface area contributed by atoms with Gasteiger partial charge in [0.05, 0.1) is 23.7 Å². The van der Waals surface area contributed by atoms with Gasteiger partial charge in [-0.3, -0.25) is 14.3 Å². The molecule has 0 aliphatic heterocycles. The van der Waals surface area contributed by atoms with Gasteiger partial charge in [-0.05, 0) is 26.7 Å². The molecule has 0 unspecified atom stereocenters. The van der Waals surface area contributed by atoms with Gasteiger partial charge in [-0.2, -0.15) is 5.10 Å². The molecule has 2 atom stereocenters. The van der Waals surface area contributed by atoms with Crippen molar-refractivity contribution in [3.8, 4) is 0 Å². The normalized spacial score (nSPS) is 22.7. The highest BCUT2D eigenvalue weighted by molar-refractivity contribution is 5.95. The molecule has 1 aliphatic rings. The number of anilines is 1. The number of amides is 1. The van der Waals surface area contributed by atoms with Crippen molar-refractivity contribution < 1.29 is 14.7 Å². The molecule has 1 fully saturated rings. The van der Waals surface area contributed by atoms with Crippen LogP contribution in [0.1, 0.15) is 39.2 Å². The molecule has 2 N–H and O–H groups in total. The number of nitrogens with zero attached hydrogens (tertiary/aromatic N) is 2. The molecule has 0 spiro atoms. The van der Waals surface area contributed by atoms with Crippen molar-refractivity contribution >= 4 is 17.6 Å². The predicted octanol–water partition coefficient (Wildman–Crippen LogP) is 1.90. The van der Waals surface area contributed by atoms with E-state index in [2.05, 4.69) is 10.4 Å². The van der Waals surface area contributed by atoms with Crippen molar-refractivity contribution in [3.05, 3.63) is 12.4 Å². The Labute approximate surface area is 111 Å². The summed E-state index contributed by atoms with van der Waals surface area (Å²) in [5.41, 5.74) is 0.620. The number of carboxylic acid groups (broad SMARTS) is 1. The van der Waals surface area contributed by atoms with Crippen molar-refractivity contribution in [2.75, 3.05) is 5.32 Å². The first kappa shape index (κ1) is 13.6. The maximum Gasteiger partial charge on any atom is 0.307 e. The van der Waals surface area contributed by atoms with Crippen molar-refractivity contribution in [1.82, 2.24) is 9.78 Å². The molecule has 1 heterocycles. The molecule has 0 radical (unpaired) electrons. The van der Waals surface area contributed by atoms with Crippen LogP contribution in [-0.2, 0) is 9.59 Å². The Bertz CT molecular complexity index is 481. The molecule has 104 valence electrons. The summed E-state index contributed by atoms with van der Waals surface area (Å²) < 4.78 is 1.75. The van der Waals surface area contributed by atoms with Crippen LogP contribution in [0.2, 0.25) is 0 Å². The summed E-state index contributed by atoms with van der Waals surface area (Å²) in [5.74, 6) is -2.08. The molecule has 1 saturated carbocycles. The molecule has 1 aromatic rings. The van der Waals surface area contributed by atoms with Crippen molar-refractivity contribution in [1.29, 1.82) is 0 Å². The minimum Gasteiger partial charge on any atom is -0.481 e. The third-order valence-corrected chi connectivity index (χ3v) is 3.57. The summed E-state index contributed by atoms with van der Waals surface area (Å²) in [6.45, 7) is 3.99. The highest BCUT2D eigenvalue weighted by Gasteiger charge is 2.37. The van der Waals surface area contributed by atoms with Gasteiger partial charge < -0.3 is 10.4 Å². The topological polar surface area (TPSA) is 84.2 Å². The lowest BCUT2D eigenvalue weighted by atomic mass is 9.95. The highest BCUT2D eigenvalue weighted by Crippen LogP contribution is 2.32. The largest absolute Gasteiger partial charge is 0.481 e. The van der Waals surface area contributed by atoms with Crippen LogP contribution in [0.15, 0.2) is 12.4 Å². The molecule has 6 nitrogen and oxygen atoms in total. The molecular formula is C13H19N3O3. The first-order chi connectivity index (χ1) is 8.99. The van der Waals surface area contributed by atoms with Crippen LogP contribution in [0.3, 0.4) is 0 Å². The minimum atomic E-state index is -0.879. The zero-order valence-corrected chi connectivity index (χ0v) is 11.2. The molecule has 0 saturated heterocycles. The molecular weight excluding hydrogens is 246 g/mol. The lowest BCUT2D eigenvalue weighted by Gasteiger charge is -2.14. The molecule has 0 aromatic carbocycles. The van der Waals surface area contributed by atoms with Crippen LogP contribution in [0.25, 0.3) is 0 Å². The van der Waals surface area contributed by atoms with Crippen LogP contribution in [-0.4, -0.2) is 26.8 Å². The van der Waals surface area contributed by atoms with Crippen LogP contribution >= 0.6 is 0 Å². The fourth-order valence-corrected chi connectivity index (χ4v) is 2.49. The van der Waals surface area contributed by atoms with E-state index in [4.69, 9.17) is 5.11 Å². The SMILES string of the molecule is CC(C)n1cc(NC(=O)[C@@H]2CCC[C@@H]2C(=O)O)cn1. The molecule has 1 aromatic heterocycles. The van der Waals surface area contributed by atoms with E-state index >= 15 is 0 Å². The average Bonchev–Trinajstić information content (AvgIpc) is 2.96. The minimum absolute atomic E-state index is 0.215. The summed E-state index contributed by atoms with van der Waals surface area (Å²) in [7, 11) is 0. The van der Waals surface area contributed by atoms with Gasteiger partial charge in [0.25, 0.3) is 0 Å². The Hall–Kier alpha value is -1.85. The number of hydrogen-bond donors (Lipinski definition) is 2. The highest BCUT2D eigenvalue weighted by atomic mass is 16.4. The lowest BCUT2D eigenvalue weighted by molar-refractivity contribution is -0.145. The summed E-state index contributed by atoms with van der Waals surface area (Å²) in [5, 5.41) is 16.0. The Morgan fingerprint density at radius 2 is 2.11 bits per heavy atom. The second-order valence-corrected chi connectivity index (χ2v) is 5.27. The van der Waals surface area contributed by atoms with E-state index in [0.717, 1.165) is 6.42 Å². The predicted molar refractivity (Wildman–Crippen MR) is 69.7 cm³/mol. The molecule has 1 aliphatic carbocycles. The molecule has 19 heavy (non-hydrogen) atoms. The maximum atomic E-state index is 12.1. The summed E-state index contributed by atoms with van der Waals surface area (Å²) in [6, 6.07) is 0.226. The number of rotatable bonds is 4. The van der Waals surface area contributed by atoms with Crippen LogP contribution in [0, 0.1) is 11.8 Å². The van der Waals surface area contributed by atoms with Gasteiger partial charge in [-0.1, -0.05) is 6.42 Å². The number of carboxylic acids is 1. The zero-order valence-electron chi connectivity index (χ0n) is 11.2. The molecule has 2 rings (SSSR count). The number of aromatic nitrogens is 2. The number of carbonyl (C=O) groups is 2. The van der Waals surface area contributed by atoms with E-state index in [1.54, 1.807) is 17.1 Å². The zero-order chi connectivity index (χ0) is 14.0. The molecule has 6 heteroatoms. The van der Waals surface area contributed by atoms with Crippen molar-refractivity contribution in [2.45, 2.75) is 39.2 Å². The fraction of sp³-hybridized carbons (Fsp3) is 0.615. The van der Waals surface area contributed by atoms with E-state index in [1.165, 1.54) is 0 Å². The van der Waals surface area contributed by atoms with Gasteiger partial charge in [-0.15, -0.1) is 0 Å². The first-order valence-electron chi connectivity index (χ1n) is 6.57. The van der Waals surface area contributed by atoms with E-state index in [-0.39, 0.29) is 11.9 Å². The number of carbonyl (C=O) groups excluding carboxylic acids is 1. The Morgan fingerprint density at radius 1 is 1.42 bits per heavy atom.